The molecule has 208 valence electrons. The summed E-state index contributed by atoms with van der Waals surface area (Å²) in [5.74, 6) is 0.723. The number of carbonyl (C=O) groups excluding carboxylic acids is 1. The molecule has 3 rings (SSSR count). The fourth-order valence-corrected chi connectivity index (χ4v) is 4.33. The van der Waals surface area contributed by atoms with Gasteiger partial charge in [-0.2, -0.15) is 0 Å². The number of ether oxygens (including phenoxy) is 3. The third kappa shape index (κ3) is 20.7. The van der Waals surface area contributed by atoms with Gasteiger partial charge in [0.05, 0.1) is 19.8 Å². The Balaban J connectivity index is -0.000000394. The van der Waals surface area contributed by atoms with E-state index in [-0.39, 0.29) is 5.79 Å². The molecule has 1 aromatic rings. The molecule has 0 aromatic carbocycles. The third-order valence-corrected chi connectivity index (χ3v) is 6.20. The predicted molar refractivity (Wildman–Crippen MR) is 156 cm³/mol. The number of hydrogen-bond acceptors (Lipinski definition) is 5. The molecule has 1 saturated carbocycles. The van der Waals surface area contributed by atoms with Crippen LogP contribution in [0.4, 0.5) is 0 Å². The van der Waals surface area contributed by atoms with Crippen molar-refractivity contribution >= 4 is 17.8 Å². The SMILES string of the molecule is C=CCC.CC.CC.CC1CCC2(CC1)OCCO2.CCCOC=O.CCCc1cc(C)sc1C. The smallest absolute Gasteiger partial charge is 0.293 e. The summed E-state index contributed by atoms with van der Waals surface area (Å²) in [6, 6.07) is 2.31. The molecular formula is C30H58O4S. The van der Waals surface area contributed by atoms with E-state index in [1.807, 2.05) is 52.0 Å². The summed E-state index contributed by atoms with van der Waals surface area (Å²) in [5.41, 5.74) is 1.55. The van der Waals surface area contributed by atoms with Gasteiger partial charge in [0, 0.05) is 22.6 Å². The highest BCUT2D eigenvalue weighted by Crippen LogP contribution is 2.37. The molecule has 0 amide bonds. The Hall–Kier alpha value is -1.17. The summed E-state index contributed by atoms with van der Waals surface area (Å²) in [5, 5.41) is 0. The van der Waals surface area contributed by atoms with Crippen LogP contribution >= 0.6 is 11.3 Å². The summed E-state index contributed by atoms with van der Waals surface area (Å²) in [6.07, 6.45) is 11.1. The van der Waals surface area contributed by atoms with Crippen LogP contribution in [-0.2, 0) is 25.4 Å². The molecule has 4 nitrogen and oxygen atoms in total. The topological polar surface area (TPSA) is 44.8 Å². The van der Waals surface area contributed by atoms with Crippen LogP contribution in [0.5, 0.6) is 0 Å². The highest BCUT2D eigenvalue weighted by molar-refractivity contribution is 7.12. The largest absolute Gasteiger partial charge is 0.468 e. The first-order chi connectivity index (χ1) is 16.9. The van der Waals surface area contributed by atoms with Gasteiger partial charge in [-0.3, -0.25) is 4.79 Å². The fourth-order valence-electron chi connectivity index (χ4n) is 3.35. The number of thiophene rings is 1. The normalized spacial score (nSPS) is 15.1. The first-order valence-electron chi connectivity index (χ1n) is 13.9. The summed E-state index contributed by atoms with van der Waals surface area (Å²) < 4.78 is 15.5. The average Bonchev–Trinajstić information content (AvgIpc) is 3.49. The lowest BCUT2D eigenvalue weighted by molar-refractivity contribution is -0.181. The maximum Gasteiger partial charge on any atom is 0.293 e. The van der Waals surface area contributed by atoms with Crippen molar-refractivity contribution in [3.8, 4) is 0 Å². The molecule has 35 heavy (non-hydrogen) atoms. The summed E-state index contributed by atoms with van der Waals surface area (Å²) in [6.45, 7) is 27.0. The second-order valence-corrected chi connectivity index (χ2v) is 9.60. The van der Waals surface area contributed by atoms with E-state index in [2.05, 4.69) is 52.0 Å². The Morgan fingerprint density at radius 1 is 1.06 bits per heavy atom. The highest BCUT2D eigenvalue weighted by Gasteiger charge is 2.39. The zero-order valence-corrected chi connectivity index (χ0v) is 25.7. The van der Waals surface area contributed by atoms with Gasteiger partial charge in [0.25, 0.3) is 6.47 Å². The Morgan fingerprint density at radius 2 is 1.57 bits per heavy atom. The monoisotopic (exact) mass is 514 g/mol. The molecule has 2 heterocycles. The summed E-state index contributed by atoms with van der Waals surface area (Å²) in [4.78, 5) is 12.3. The van der Waals surface area contributed by atoms with Crippen molar-refractivity contribution in [2.45, 2.75) is 126 Å². The molecule has 0 bridgehead atoms. The predicted octanol–water partition coefficient (Wildman–Crippen LogP) is 9.46. The van der Waals surface area contributed by atoms with Crippen molar-refractivity contribution in [3.63, 3.8) is 0 Å². The molecule has 0 atom stereocenters. The van der Waals surface area contributed by atoms with Crippen molar-refractivity contribution in [3.05, 3.63) is 34.0 Å². The van der Waals surface area contributed by atoms with Crippen LogP contribution in [0.2, 0.25) is 0 Å². The van der Waals surface area contributed by atoms with Crippen molar-refractivity contribution in [2.24, 2.45) is 5.92 Å². The maximum atomic E-state index is 9.34. The minimum absolute atomic E-state index is 0.146. The van der Waals surface area contributed by atoms with E-state index in [9.17, 15) is 4.79 Å². The van der Waals surface area contributed by atoms with E-state index in [1.54, 1.807) is 5.56 Å². The second kappa shape index (κ2) is 27.4. The molecule has 0 N–H and O–H groups in total. The summed E-state index contributed by atoms with van der Waals surface area (Å²) >= 11 is 1.91. The van der Waals surface area contributed by atoms with E-state index in [0.29, 0.717) is 13.1 Å². The third-order valence-electron chi connectivity index (χ3n) is 5.19. The molecule has 1 aromatic heterocycles. The van der Waals surface area contributed by atoms with Gasteiger partial charge in [-0.15, -0.1) is 17.9 Å². The molecular weight excluding hydrogens is 456 g/mol. The van der Waals surface area contributed by atoms with Crippen LogP contribution in [0.15, 0.2) is 18.7 Å². The van der Waals surface area contributed by atoms with Crippen LogP contribution in [0.1, 0.15) is 116 Å². The van der Waals surface area contributed by atoms with Crippen LogP contribution in [0, 0.1) is 19.8 Å². The van der Waals surface area contributed by atoms with E-state index in [1.165, 1.54) is 35.4 Å². The van der Waals surface area contributed by atoms with Gasteiger partial charge in [-0.05, 0) is 63.5 Å². The number of allylic oxidation sites excluding steroid dienone is 1. The minimum Gasteiger partial charge on any atom is -0.468 e. The van der Waals surface area contributed by atoms with Crippen LogP contribution in [0.3, 0.4) is 0 Å². The Morgan fingerprint density at radius 3 is 1.89 bits per heavy atom. The van der Waals surface area contributed by atoms with Gasteiger partial charge in [-0.1, -0.05) is 67.9 Å². The second-order valence-electron chi connectivity index (χ2n) is 8.14. The van der Waals surface area contributed by atoms with Gasteiger partial charge in [-0.25, -0.2) is 0 Å². The fraction of sp³-hybridized carbons (Fsp3) is 0.767. The van der Waals surface area contributed by atoms with E-state index in [0.717, 1.165) is 44.8 Å². The zero-order valence-electron chi connectivity index (χ0n) is 24.8. The Bertz CT molecular complexity index is 567. The van der Waals surface area contributed by atoms with Crippen LogP contribution in [0.25, 0.3) is 0 Å². The van der Waals surface area contributed by atoms with E-state index >= 15 is 0 Å². The molecule has 2 aliphatic rings. The van der Waals surface area contributed by atoms with E-state index in [4.69, 9.17) is 9.47 Å². The number of rotatable bonds is 6. The van der Waals surface area contributed by atoms with Crippen molar-refractivity contribution in [2.75, 3.05) is 19.8 Å². The number of carbonyl (C=O) groups is 1. The van der Waals surface area contributed by atoms with Crippen LogP contribution in [-0.4, -0.2) is 32.1 Å². The molecule has 5 heteroatoms. The molecule has 1 aliphatic heterocycles. The maximum absolute atomic E-state index is 9.34. The molecule has 2 fully saturated rings. The standard InChI is InChI=1S/C9H16O2.C9H14S.C4H8O2.C4H8.2C2H6/c1-8-2-4-9(5-3-8)10-6-7-11-9;1-4-5-9-6-7(2)10-8(9)3;1-2-3-6-4-5;1-3-4-2;2*1-2/h8H,2-7H2,1H3;6H,4-5H2,1-3H3;4H,2-3H2,1H3;3H,1,4H2,2H3;2*1-2H3. The summed E-state index contributed by atoms with van der Waals surface area (Å²) in [7, 11) is 0. The van der Waals surface area contributed by atoms with Gasteiger partial charge in [0.1, 0.15) is 0 Å². The minimum atomic E-state index is -0.146. The zero-order chi connectivity index (χ0) is 27.5. The van der Waals surface area contributed by atoms with Gasteiger partial charge in [0.2, 0.25) is 0 Å². The lowest BCUT2D eigenvalue weighted by Gasteiger charge is -2.33. The quantitative estimate of drug-likeness (QED) is 0.215. The highest BCUT2D eigenvalue weighted by atomic mass is 32.1. The van der Waals surface area contributed by atoms with Gasteiger partial charge < -0.3 is 14.2 Å². The molecule has 1 saturated heterocycles. The number of hydrogen-bond donors (Lipinski definition) is 0. The lowest BCUT2D eigenvalue weighted by Crippen LogP contribution is -2.34. The molecule has 1 aliphatic carbocycles. The van der Waals surface area contributed by atoms with Gasteiger partial charge >= 0.3 is 0 Å². The first kappa shape index (κ1) is 38.4. The van der Waals surface area contributed by atoms with E-state index < -0.39 is 0 Å². The molecule has 1 spiro atoms. The number of aryl methyl sites for hydroxylation is 3. The Kier molecular flexibility index (Phi) is 30.1. The van der Waals surface area contributed by atoms with Crippen molar-refractivity contribution in [1.29, 1.82) is 0 Å². The molecule has 0 radical (unpaired) electrons. The first-order valence-corrected chi connectivity index (χ1v) is 14.7. The molecule has 0 unspecified atom stereocenters. The van der Waals surface area contributed by atoms with Crippen molar-refractivity contribution in [1.82, 2.24) is 0 Å². The van der Waals surface area contributed by atoms with Crippen LogP contribution < -0.4 is 0 Å². The lowest BCUT2D eigenvalue weighted by atomic mass is 9.86. The van der Waals surface area contributed by atoms with Crippen molar-refractivity contribution < 1.29 is 19.0 Å². The Labute approximate surface area is 222 Å². The van der Waals surface area contributed by atoms with Gasteiger partial charge in [0.15, 0.2) is 5.79 Å². The average molecular weight is 515 g/mol.